The van der Waals surface area contributed by atoms with Crippen molar-refractivity contribution in [2.24, 2.45) is 0 Å². The average molecular weight is 358 g/mol. The van der Waals surface area contributed by atoms with E-state index >= 15 is 0 Å². The number of carbonyl (C=O) groups excluding carboxylic acids is 1. The number of nitrogens with one attached hydrogen (secondary N) is 1. The molecule has 0 bridgehead atoms. The number of aryl methyl sites for hydroxylation is 1. The monoisotopic (exact) mass is 358 g/mol. The fourth-order valence-electron chi connectivity index (χ4n) is 2.06. The summed E-state index contributed by atoms with van der Waals surface area (Å²) in [6, 6.07) is 16.2. The molecule has 0 atom stereocenters. The summed E-state index contributed by atoms with van der Waals surface area (Å²) in [5.74, 6) is -0.362. The van der Waals surface area contributed by atoms with E-state index in [9.17, 15) is 9.18 Å². The van der Waals surface area contributed by atoms with Gasteiger partial charge < -0.3 is 5.32 Å². The maximum atomic E-state index is 12.8. The number of halogens is 1. The normalized spacial score (nSPS) is 10.5. The van der Waals surface area contributed by atoms with E-state index in [1.165, 1.54) is 23.5 Å². The molecule has 3 nitrogen and oxygen atoms in total. The molecule has 0 saturated carbocycles. The minimum Gasteiger partial charge on any atom is -0.302 e. The number of hydrogen-bond acceptors (Lipinski definition) is 4. The molecule has 1 aromatic heterocycles. The SMILES string of the molecule is O=C(CCc1ccc(F)cc1)Nc1ncc(Sc2ccccc2)s1. The van der Waals surface area contributed by atoms with Crippen LogP contribution in [0.25, 0.3) is 0 Å². The summed E-state index contributed by atoms with van der Waals surface area (Å²) < 4.78 is 13.9. The highest BCUT2D eigenvalue weighted by atomic mass is 32.2. The number of hydrogen-bond donors (Lipinski definition) is 1. The number of thiazole rings is 1. The van der Waals surface area contributed by atoms with Crippen LogP contribution in [0.1, 0.15) is 12.0 Å². The summed E-state index contributed by atoms with van der Waals surface area (Å²) in [4.78, 5) is 17.4. The molecule has 0 radical (unpaired) electrons. The zero-order valence-corrected chi connectivity index (χ0v) is 14.4. The largest absolute Gasteiger partial charge is 0.302 e. The van der Waals surface area contributed by atoms with E-state index in [-0.39, 0.29) is 11.7 Å². The Morgan fingerprint density at radius 3 is 2.62 bits per heavy atom. The summed E-state index contributed by atoms with van der Waals surface area (Å²) in [7, 11) is 0. The van der Waals surface area contributed by atoms with Crippen molar-refractivity contribution in [3.63, 3.8) is 0 Å². The van der Waals surface area contributed by atoms with Crippen molar-refractivity contribution in [3.8, 4) is 0 Å². The van der Waals surface area contributed by atoms with E-state index in [1.54, 1.807) is 30.1 Å². The highest BCUT2D eigenvalue weighted by molar-refractivity contribution is 8.01. The van der Waals surface area contributed by atoms with Crippen LogP contribution in [0.3, 0.4) is 0 Å². The van der Waals surface area contributed by atoms with Gasteiger partial charge >= 0.3 is 0 Å². The van der Waals surface area contributed by atoms with Crippen molar-refractivity contribution >= 4 is 34.1 Å². The summed E-state index contributed by atoms with van der Waals surface area (Å²) in [6.07, 6.45) is 2.67. The third kappa shape index (κ3) is 4.91. The molecule has 2 aromatic carbocycles. The van der Waals surface area contributed by atoms with Crippen molar-refractivity contribution in [2.75, 3.05) is 5.32 Å². The van der Waals surface area contributed by atoms with Gasteiger partial charge in [-0.25, -0.2) is 9.37 Å². The molecule has 1 N–H and O–H groups in total. The summed E-state index contributed by atoms with van der Waals surface area (Å²) in [5.41, 5.74) is 0.936. The highest BCUT2D eigenvalue weighted by Crippen LogP contribution is 2.33. The molecule has 24 heavy (non-hydrogen) atoms. The van der Waals surface area contributed by atoms with E-state index in [0.29, 0.717) is 18.0 Å². The average Bonchev–Trinajstić information content (AvgIpc) is 3.02. The lowest BCUT2D eigenvalue weighted by Gasteiger charge is -2.02. The Kier molecular flexibility index (Phi) is 5.61. The van der Waals surface area contributed by atoms with Crippen molar-refractivity contribution in [1.82, 2.24) is 4.98 Å². The van der Waals surface area contributed by atoms with Gasteiger partial charge in [0.25, 0.3) is 0 Å². The molecule has 6 heteroatoms. The number of benzene rings is 2. The van der Waals surface area contributed by atoms with Gasteiger partial charge in [-0.15, -0.1) is 0 Å². The first-order valence-electron chi connectivity index (χ1n) is 7.42. The van der Waals surface area contributed by atoms with Crippen molar-refractivity contribution in [1.29, 1.82) is 0 Å². The van der Waals surface area contributed by atoms with Crippen LogP contribution in [0.4, 0.5) is 9.52 Å². The Hall–Kier alpha value is -2.18. The first-order valence-corrected chi connectivity index (χ1v) is 9.05. The fourth-order valence-corrected chi connectivity index (χ4v) is 3.95. The molecule has 0 aliphatic rings. The van der Waals surface area contributed by atoms with Crippen molar-refractivity contribution in [3.05, 3.63) is 72.2 Å². The number of carbonyl (C=O) groups is 1. The molecule has 1 heterocycles. The van der Waals surface area contributed by atoms with E-state index in [4.69, 9.17) is 0 Å². The third-order valence-electron chi connectivity index (χ3n) is 3.25. The van der Waals surface area contributed by atoms with Crippen LogP contribution in [0, 0.1) is 5.82 Å². The van der Waals surface area contributed by atoms with E-state index in [2.05, 4.69) is 10.3 Å². The van der Waals surface area contributed by atoms with Crippen LogP contribution in [0.2, 0.25) is 0 Å². The zero-order valence-electron chi connectivity index (χ0n) is 12.7. The van der Waals surface area contributed by atoms with Gasteiger partial charge in [0.1, 0.15) is 5.82 Å². The number of rotatable bonds is 6. The van der Waals surface area contributed by atoms with Gasteiger partial charge in [-0.05, 0) is 36.2 Å². The Morgan fingerprint density at radius 1 is 1.12 bits per heavy atom. The lowest BCUT2D eigenvalue weighted by molar-refractivity contribution is -0.116. The molecule has 3 rings (SSSR count). The smallest absolute Gasteiger partial charge is 0.226 e. The predicted octanol–water partition coefficient (Wildman–Crippen LogP) is 5.00. The molecule has 0 aliphatic heterocycles. The van der Waals surface area contributed by atoms with Crippen LogP contribution < -0.4 is 5.32 Å². The lowest BCUT2D eigenvalue weighted by Crippen LogP contribution is -2.11. The maximum Gasteiger partial charge on any atom is 0.226 e. The number of anilines is 1. The Morgan fingerprint density at radius 2 is 1.88 bits per heavy atom. The first-order chi connectivity index (χ1) is 11.7. The minimum atomic E-state index is -0.269. The second-order valence-electron chi connectivity index (χ2n) is 5.07. The first kappa shape index (κ1) is 16.7. The molecule has 0 spiro atoms. The molecular weight excluding hydrogens is 343 g/mol. The number of aromatic nitrogens is 1. The van der Waals surface area contributed by atoms with Crippen LogP contribution in [-0.2, 0) is 11.2 Å². The van der Waals surface area contributed by atoms with Crippen LogP contribution in [0.5, 0.6) is 0 Å². The van der Waals surface area contributed by atoms with Gasteiger partial charge in [-0.1, -0.05) is 53.4 Å². The second kappa shape index (κ2) is 8.08. The molecule has 0 aliphatic carbocycles. The lowest BCUT2D eigenvalue weighted by atomic mass is 10.1. The molecule has 0 saturated heterocycles. The predicted molar refractivity (Wildman–Crippen MR) is 96.0 cm³/mol. The van der Waals surface area contributed by atoms with Gasteiger partial charge in [-0.2, -0.15) is 0 Å². The summed E-state index contributed by atoms with van der Waals surface area (Å²) in [5, 5.41) is 3.41. The maximum absolute atomic E-state index is 12.8. The Balaban J connectivity index is 1.50. The van der Waals surface area contributed by atoms with Gasteiger partial charge in [-0.3, -0.25) is 4.79 Å². The summed E-state index contributed by atoms with van der Waals surface area (Å²) >= 11 is 3.07. The highest BCUT2D eigenvalue weighted by Gasteiger charge is 2.08. The van der Waals surface area contributed by atoms with Gasteiger partial charge in [0, 0.05) is 11.3 Å². The fraction of sp³-hybridized carbons (Fsp3) is 0.111. The van der Waals surface area contributed by atoms with Gasteiger partial charge in [0.05, 0.1) is 10.4 Å². The van der Waals surface area contributed by atoms with Crippen LogP contribution in [-0.4, -0.2) is 10.9 Å². The minimum absolute atomic E-state index is 0.0927. The molecule has 0 fully saturated rings. The molecular formula is C18H15FN2OS2. The van der Waals surface area contributed by atoms with E-state index < -0.39 is 0 Å². The van der Waals surface area contributed by atoms with Crippen LogP contribution in [0.15, 0.2) is 69.9 Å². The van der Waals surface area contributed by atoms with Gasteiger partial charge in [0.2, 0.25) is 5.91 Å². The topological polar surface area (TPSA) is 42.0 Å². The van der Waals surface area contributed by atoms with Crippen molar-refractivity contribution < 1.29 is 9.18 Å². The van der Waals surface area contributed by atoms with E-state index in [0.717, 1.165) is 14.7 Å². The second-order valence-corrected chi connectivity index (χ2v) is 7.48. The third-order valence-corrected chi connectivity index (χ3v) is 5.27. The number of nitrogens with zero attached hydrogens (tertiary/aromatic N) is 1. The molecule has 1 amide bonds. The molecule has 122 valence electrons. The van der Waals surface area contributed by atoms with E-state index in [1.807, 2.05) is 30.3 Å². The van der Waals surface area contributed by atoms with Gasteiger partial charge in [0.15, 0.2) is 5.13 Å². The van der Waals surface area contributed by atoms with Crippen LogP contribution >= 0.6 is 23.1 Å². The number of amides is 1. The standard InChI is InChI=1S/C18H15FN2OS2/c19-14-9-6-13(7-10-14)8-11-16(22)21-18-20-12-17(24-18)23-15-4-2-1-3-5-15/h1-7,9-10,12H,8,11H2,(H,20,21,22). The quantitative estimate of drug-likeness (QED) is 0.674. The van der Waals surface area contributed by atoms with Crippen molar-refractivity contribution in [2.45, 2.75) is 21.9 Å². The molecule has 3 aromatic rings. The zero-order chi connectivity index (χ0) is 16.8. The summed E-state index contributed by atoms with van der Waals surface area (Å²) in [6.45, 7) is 0. The Bertz CT molecular complexity index is 803. The molecule has 0 unspecified atom stereocenters. The Labute approximate surface area is 148 Å².